The molecule has 1 N–H and O–H groups in total. The van der Waals surface area contributed by atoms with E-state index in [1.54, 1.807) is 18.3 Å². The zero-order valence-electron chi connectivity index (χ0n) is 13.2. The van der Waals surface area contributed by atoms with Crippen LogP contribution in [0.5, 0.6) is 0 Å². The van der Waals surface area contributed by atoms with Crippen LogP contribution in [0.4, 0.5) is 5.69 Å². The summed E-state index contributed by atoms with van der Waals surface area (Å²) in [5.41, 5.74) is 1.43. The van der Waals surface area contributed by atoms with Gasteiger partial charge in [0.25, 0.3) is 5.69 Å². The van der Waals surface area contributed by atoms with E-state index in [9.17, 15) is 15.2 Å². The van der Waals surface area contributed by atoms with Gasteiger partial charge in [0.1, 0.15) is 0 Å². The SMILES string of the molecule is O=[N+]([O-])c1ccc2cnn(C[C@H](O)COCc3ccccc3Cl)c2c1. The second-order valence-electron chi connectivity index (χ2n) is 5.59. The van der Waals surface area contributed by atoms with E-state index >= 15 is 0 Å². The van der Waals surface area contributed by atoms with Crippen LogP contribution in [0.25, 0.3) is 10.9 Å². The lowest BCUT2D eigenvalue weighted by molar-refractivity contribution is -0.384. The first-order chi connectivity index (χ1) is 12.0. The van der Waals surface area contributed by atoms with Crippen LogP contribution in [-0.4, -0.2) is 32.5 Å². The van der Waals surface area contributed by atoms with Crippen molar-refractivity contribution in [1.29, 1.82) is 0 Å². The van der Waals surface area contributed by atoms with Crippen molar-refractivity contribution < 1.29 is 14.8 Å². The average molecular weight is 362 g/mol. The molecule has 0 bridgehead atoms. The zero-order chi connectivity index (χ0) is 17.8. The normalized spacial score (nSPS) is 12.4. The zero-order valence-corrected chi connectivity index (χ0v) is 14.0. The molecule has 1 heterocycles. The molecular formula is C17H16ClN3O4. The van der Waals surface area contributed by atoms with Gasteiger partial charge in [-0.2, -0.15) is 5.10 Å². The standard InChI is InChI=1S/C17H16ClN3O4/c18-16-4-2-1-3-13(16)10-25-11-15(22)9-20-17-7-14(21(23)24)6-5-12(17)8-19-20/h1-8,15,22H,9-11H2/t15-/m0/s1. The van der Waals surface area contributed by atoms with Gasteiger partial charge in [-0.1, -0.05) is 29.8 Å². The Balaban J connectivity index is 1.62. The Morgan fingerprint density at radius 3 is 2.88 bits per heavy atom. The van der Waals surface area contributed by atoms with Crippen molar-refractivity contribution in [3.63, 3.8) is 0 Å². The van der Waals surface area contributed by atoms with Crippen LogP contribution < -0.4 is 0 Å². The summed E-state index contributed by atoms with van der Waals surface area (Å²) in [7, 11) is 0. The van der Waals surface area contributed by atoms with Gasteiger partial charge in [-0.05, 0) is 17.7 Å². The van der Waals surface area contributed by atoms with Gasteiger partial charge in [-0.25, -0.2) is 0 Å². The molecule has 0 spiro atoms. The van der Waals surface area contributed by atoms with Gasteiger partial charge in [0.05, 0.1) is 42.5 Å². The molecule has 0 aliphatic rings. The molecule has 2 aromatic carbocycles. The third kappa shape index (κ3) is 4.14. The van der Waals surface area contributed by atoms with Crippen LogP contribution in [0, 0.1) is 10.1 Å². The van der Waals surface area contributed by atoms with Crippen LogP contribution in [0.3, 0.4) is 0 Å². The number of aromatic nitrogens is 2. The van der Waals surface area contributed by atoms with Crippen molar-refractivity contribution in [2.24, 2.45) is 0 Å². The van der Waals surface area contributed by atoms with Crippen molar-refractivity contribution in [2.75, 3.05) is 6.61 Å². The number of non-ortho nitro benzene ring substituents is 1. The van der Waals surface area contributed by atoms with Gasteiger partial charge >= 0.3 is 0 Å². The third-order valence-corrected chi connectivity index (χ3v) is 4.12. The molecule has 130 valence electrons. The summed E-state index contributed by atoms with van der Waals surface area (Å²) in [5, 5.41) is 26.6. The second-order valence-corrected chi connectivity index (χ2v) is 5.99. The topological polar surface area (TPSA) is 90.4 Å². The highest BCUT2D eigenvalue weighted by atomic mass is 35.5. The third-order valence-electron chi connectivity index (χ3n) is 3.75. The number of halogens is 1. The van der Waals surface area contributed by atoms with Gasteiger partial charge in [0.15, 0.2) is 0 Å². The summed E-state index contributed by atoms with van der Waals surface area (Å²) in [6, 6.07) is 11.8. The Hall–Kier alpha value is -2.48. The van der Waals surface area contributed by atoms with E-state index in [4.69, 9.17) is 16.3 Å². The van der Waals surface area contributed by atoms with Gasteiger partial charge in [0.2, 0.25) is 0 Å². The summed E-state index contributed by atoms with van der Waals surface area (Å²) in [6.07, 6.45) is 0.806. The summed E-state index contributed by atoms with van der Waals surface area (Å²) in [4.78, 5) is 10.4. The number of ether oxygens (including phenoxy) is 1. The molecule has 0 aliphatic heterocycles. The van der Waals surface area contributed by atoms with E-state index in [2.05, 4.69) is 5.10 Å². The molecule has 0 saturated carbocycles. The smallest absolute Gasteiger partial charge is 0.271 e. The van der Waals surface area contributed by atoms with Crippen molar-refractivity contribution in [3.05, 3.63) is 69.4 Å². The number of fused-ring (bicyclic) bond motifs is 1. The Morgan fingerprint density at radius 2 is 2.12 bits per heavy atom. The number of rotatable bonds is 7. The summed E-state index contributed by atoms with van der Waals surface area (Å²) in [6.45, 7) is 0.566. The lowest BCUT2D eigenvalue weighted by Crippen LogP contribution is -2.22. The predicted octanol–water partition coefficient (Wildman–Crippen LogP) is 3.18. The van der Waals surface area contributed by atoms with E-state index in [0.717, 1.165) is 10.9 Å². The van der Waals surface area contributed by atoms with Crippen LogP contribution in [-0.2, 0) is 17.9 Å². The summed E-state index contributed by atoms with van der Waals surface area (Å²) < 4.78 is 7.03. The maximum Gasteiger partial charge on any atom is 0.271 e. The first-order valence-electron chi connectivity index (χ1n) is 7.64. The maximum atomic E-state index is 10.9. The number of nitrogens with zero attached hydrogens (tertiary/aromatic N) is 3. The highest BCUT2D eigenvalue weighted by Gasteiger charge is 2.13. The van der Waals surface area contributed by atoms with Crippen molar-refractivity contribution in [2.45, 2.75) is 19.3 Å². The monoisotopic (exact) mass is 361 g/mol. The number of aliphatic hydroxyl groups excluding tert-OH is 1. The van der Waals surface area contributed by atoms with Gasteiger partial charge in [0, 0.05) is 22.5 Å². The Kier molecular flexibility index (Phi) is 5.28. The molecule has 0 aliphatic carbocycles. The fraction of sp³-hybridized carbons (Fsp3) is 0.235. The van der Waals surface area contributed by atoms with Crippen LogP contribution in [0.1, 0.15) is 5.56 Å². The van der Waals surface area contributed by atoms with Gasteiger partial charge in [-0.3, -0.25) is 14.8 Å². The second kappa shape index (κ2) is 7.60. The lowest BCUT2D eigenvalue weighted by atomic mass is 10.2. The number of aliphatic hydroxyl groups is 1. The maximum absolute atomic E-state index is 10.9. The van der Waals surface area contributed by atoms with Gasteiger partial charge < -0.3 is 9.84 Å². The fourth-order valence-electron chi connectivity index (χ4n) is 2.49. The number of nitro benzene ring substituents is 1. The molecule has 25 heavy (non-hydrogen) atoms. The summed E-state index contributed by atoms with van der Waals surface area (Å²) >= 11 is 6.05. The lowest BCUT2D eigenvalue weighted by Gasteiger charge is -2.12. The Morgan fingerprint density at radius 1 is 1.32 bits per heavy atom. The van der Waals surface area contributed by atoms with E-state index in [1.807, 2.05) is 18.2 Å². The van der Waals surface area contributed by atoms with Gasteiger partial charge in [-0.15, -0.1) is 0 Å². The molecule has 7 nitrogen and oxygen atoms in total. The molecule has 1 atom stereocenters. The minimum atomic E-state index is -0.801. The minimum Gasteiger partial charge on any atom is -0.389 e. The van der Waals surface area contributed by atoms with E-state index in [-0.39, 0.29) is 18.8 Å². The minimum absolute atomic E-state index is 0.0151. The summed E-state index contributed by atoms with van der Waals surface area (Å²) in [5.74, 6) is 0. The van der Waals surface area contributed by atoms with Crippen LogP contribution in [0.2, 0.25) is 5.02 Å². The highest BCUT2D eigenvalue weighted by molar-refractivity contribution is 6.31. The highest BCUT2D eigenvalue weighted by Crippen LogP contribution is 2.21. The molecule has 0 radical (unpaired) electrons. The number of hydrogen-bond acceptors (Lipinski definition) is 5. The molecular weight excluding hydrogens is 346 g/mol. The molecule has 0 saturated heterocycles. The van der Waals surface area contributed by atoms with E-state index in [0.29, 0.717) is 17.1 Å². The quantitative estimate of drug-likeness (QED) is 0.515. The fourth-order valence-corrected chi connectivity index (χ4v) is 2.68. The number of benzene rings is 2. The molecule has 0 amide bonds. The first-order valence-corrected chi connectivity index (χ1v) is 8.01. The Bertz CT molecular complexity index is 896. The molecule has 0 fully saturated rings. The van der Waals surface area contributed by atoms with Crippen LogP contribution >= 0.6 is 11.6 Å². The molecule has 3 aromatic rings. The first kappa shape index (κ1) is 17.3. The van der Waals surface area contributed by atoms with Crippen molar-refractivity contribution in [3.8, 4) is 0 Å². The number of nitro groups is 1. The van der Waals surface area contributed by atoms with Crippen molar-refractivity contribution >= 4 is 28.2 Å². The predicted molar refractivity (Wildman–Crippen MR) is 93.5 cm³/mol. The Labute approximate surface area is 148 Å². The molecule has 1 aromatic heterocycles. The van der Waals surface area contributed by atoms with E-state index < -0.39 is 11.0 Å². The number of hydrogen-bond donors (Lipinski definition) is 1. The molecule has 8 heteroatoms. The molecule has 3 rings (SSSR count). The average Bonchev–Trinajstić information content (AvgIpc) is 2.98. The molecule has 0 unspecified atom stereocenters. The van der Waals surface area contributed by atoms with Crippen LogP contribution in [0.15, 0.2) is 48.7 Å². The van der Waals surface area contributed by atoms with E-state index in [1.165, 1.54) is 16.8 Å². The largest absolute Gasteiger partial charge is 0.389 e. The van der Waals surface area contributed by atoms with Crippen molar-refractivity contribution in [1.82, 2.24) is 9.78 Å².